The van der Waals surface area contributed by atoms with E-state index in [1.165, 1.54) is 0 Å². The zero-order chi connectivity index (χ0) is 21.2. The van der Waals surface area contributed by atoms with E-state index in [1.807, 2.05) is 13.1 Å². The van der Waals surface area contributed by atoms with Crippen molar-refractivity contribution in [1.82, 2.24) is 14.8 Å². The van der Waals surface area contributed by atoms with Crippen molar-refractivity contribution in [3.05, 3.63) is 59.4 Å². The summed E-state index contributed by atoms with van der Waals surface area (Å²) in [4.78, 5) is 4.44. The first-order valence-electron chi connectivity index (χ1n) is 9.34. The van der Waals surface area contributed by atoms with Crippen LogP contribution in [0.4, 0.5) is 0 Å². The number of aryl methyl sites for hydroxylation is 1. The van der Waals surface area contributed by atoms with E-state index in [9.17, 15) is 10.4 Å². The zero-order valence-electron chi connectivity index (χ0n) is 17.0. The first kappa shape index (κ1) is 20.5. The van der Waals surface area contributed by atoms with Crippen LogP contribution in [0.1, 0.15) is 43.7 Å². The largest absolute Gasteiger partial charge is 0.439 e. The van der Waals surface area contributed by atoms with E-state index >= 15 is 0 Å². The molecule has 0 saturated carbocycles. The molecule has 1 aromatic carbocycles. The lowest BCUT2D eigenvalue weighted by atomic mass is 9.93. The fourth-order valence-electron chi connectivity index (χ4n) is 2.81. The summed E-state index contributed by atoms with van der Waals surface area (Å²) in [6.07, 6.45) is 0.842. The molecule has 7 nitrogen and oxygen atoms in total. The number of nitrogens with two attached hydrogens (primary N) is 1. The molecule has 0 aliphatic heterocycles. The molecule has 0 bridgehead atoms. The number of hydrogen-bond acceptors (Lipinski definition) is 6. The number of benzene rings is 1. The molecule has 1 atom stereocenters. The standard InChI is InChI=1S/C22H25N5O2/c1-22(2,3)20-10-21(27(4)26-20)29-19-9-14(11-23)5-7-16(19)17-8-6-15(13-25-17)18(28)12-24/h5-10,13,18,28H,12,24H2,1-4H3. The molecule has 0 saturated heterocycles. The molecule has 0 fully saturated rings. The van der Waals surface area contributed by atoms with E-state index in [4.69, 9.17) is 10.5 Å². The zero-order valence-corrected chi connectivity index (χ0v) is 17.0. The van der Waals surface area contributed by atoms with E-state index in [2.05, 4.69) is 36.9 Å². The predicted molar refractivity (Wildman–Crippen MR) is 110 cm³/mol. The second-order valence-corrected chi connectivity index (χ2v) is 7.89. The predicted octanol–water partition coefficient (Wildman–Crippen LogP) is 3.44. The lowest BCUT2D eigenvalue weighted by Gasteiger charge is -2.13. The molecular formula is C22H25N5O2. The Kier molecular flexibility index (Phi) is 5.69. The summed E-state index contributed by atoms with van der Waals surface area (Å²) in [5, 5.41) is 23.7. The average Bonchev–Trinajstić information content (AvgIpc) is 3.08. The third kappa shape index (κ3) is 4.45. The molecule has 29 heavy (non-hydrogen) atoms. The second kappa shape index (κ2) is 8.03. The summed E-state index contributed by atoms with van der Waals surface area (Å²) in [6, 6.07) is 12.8. The van der Waals surface area contributed by atoms with Crippen LogP contribution in [0.3, 0.4) is 0 Å². The minimum Gasteiger partial charge on any atom is -0.439 e. The Morgan fingerprint density at radius 1 is 1.24 bits per heavy atom. The van der Waals surface area contributed by atoms with Crippen molar-refractivity contribution in [2.45, 2.75) is 32.3 Å². The van der Waals surface area contributed by atoms with Gasteiger partial charge in [0.2, 0.25) is 5.88 Å². The molecule has 3 N–H and O–H groups in total. The number of pyridine rings is 1. The van der Waals surface area contributed by atoms with Crippen molar-refractivity contribution >= 4 is 0 Å². The lowest BCUT2D eigenvalue weighted by Crippen LogP contribution is -2.12. The van der Waals surface area contributed by atoms with Gasteiger partial charge in [-0.05, 0) is 24.3 Å². The summed E-state index contributed by atoms with van der Waals surface area (Å²) in [6.45, 7) is 6.38. The van der Waals surface area contributed by atoms with Gasteiger partial charge in [-0.1, -0.05) is 26.8 Å². The Balaban J connectivity index is 2.01. The van der Waals surface area contributed by atoms with Gasteiger partial charge in [0.1, 0.15) is 5.75 Å². The molecule has 2 aromatic heterocycles. The summed E-state index contributed by atoms with van der Waals surface area (Å²) >= 11 is 0. The van der Waals surface area contributed by atoms with Gasteiger partial charge in [-0.2, -0.15) is 10.4 Å². The first-order chi connectivity index (χ1) is 13.7. The van der Waals surface area contributed by atoms with Gasteiger partial charge in [0.25, 0.3) is 0 Å². The van der Waals surface area contributed by atoms with Gasteiger partial charge in [-0.3, -0.25) is 4.98 Å². The summed E-state index contributed by atoms with van der Waals surface area (Å²) in [5.41, 5.74) is 8.83. The van der Waals surface area contributed by atoms with Crippen LogP contribution in [0.2, 0.25) is 0 Å². The monoisotopic (exact) mass is 391 g/mol. The third-order valence-corrected chi connectivity index (χ3v) is 4.60. The van der Waals surface area contributed by atoms with Crippen LogP contribution in [0.25, 0.3) is 11.3 Å². The first-order valence-corrected chi connectivity index (χ1v) is 9.34. The number of aliphatic hydroxyl groups is 1. The van der Waals surface area contributed by atoms with Gasteiger partial charge < -0.3 is 15.6 Å². The molecule has 3 rings (SSSR count). The van der Waals surface area contributed by atoms with E-state index < -0.39 is 6.10 Å². The normalized spacial score (nSPS) is 12.4. The van der Waals surface area contributed by atoms with Crippen molar-refractivity contribution < 1.29 is 9.84 Å². The Labute approximate surface area is 170 Å². The van der Waals surface area contributed by atoms with E-state index in [0.717, 1.165) is 11.3 Å². The van der Waals surface area contributed by atoms with Crippen LogP contribution < -0.4 is 10.5 Å². The quantitative estimate of drug-likeness (QED) is 0.689. The van der Waals surface area contributed by atoms with Gasteiger partial charge in [0.05, 0.1) is 29.1 Å². The SMILES string of the molecule is Cn1nc(C(C)(C)C)cc1Oc1cc(C#N)ccc1-c1ccc(C(O)CN)cn1. The van der Waals surface area contributed by atoms with Crippen molar-refractivity contribution in [1.29, 1.82) is 5.26 Å². The van der Waals surface area contributed by atoms with Crippen LogP contribution >= 0.6 is 0 Å². The highest BCUT2D eigenvalue weighted by Gasteiger charge is 2.21. The number of nitrogens with zero attached hydrogens (tertiary/aromatic N) is 4. The molecule has 3 aromatic rings. The summed E-state index contributed by atoms with van der Waals surface area (Å²) in [5.74, 6) is 1.08. The highest BCUT2D eigenvalue weighted by molar-refractivity contribution is 5.69. The highest BCUT2D eigenvalue weighted by atomic mass is 16.5. The van der Waals surface area contributed by atoms with Crippen molar-refractivity contribution in [2.75, 3.05) is 6.54 Å². The maximum absolute atomic E-state index is 9.87. The third-order valence-electron chi connectivity index (χ3n) is 4.60. The van der Waals surface area contributed by atoms with Gasteiger partial charge in [-0.15, -0.1) is 0 Å². The van der Waals surface area contributed by atoms with Crippen LogP contribution in [0.15, 0.2) is 42.6 Å². The molecule has 1 unspecified atom stereocenters. The Morgan fingerprint density at radius 3 is 2.55 bits per heavy atom. The van der Waals surface area contributed by atoms with E-state index in [-0.39, 0.29) is 12.0 Å². The topological polar surface area (TPSA) is 110 Å². The fourth-order valence-corrected chi connectivity index (χ4v) is 2.81. The number of aromatic nitrogens is 3. The molecule has 7 heteroatoms. The maximum Gasteiger partial charge on any atom is 0.217 e. The lowest BCUT2D eigenvalue weighted by molar-refractivity contribution is 0.186. The molecule has 2 heterocycles. The Bertz CT molecular complexity index is 1040. The summed E-state index contributed by atoms with van der Waals surface area (Å²) in [7, 11) is 1.82. The van der Waals surface area contributed by atoms with Gasteiger partial charge >= 0.3 is 0 Å². The summed E-state index contributed by atoms with van der Waals surface area (Å²) < 4.78 is 7.83. The van der Waals surface area contributed by atoms with E-state index in [0.29, 0.717) is 28.5 Å². The van der Waals surface area contributed by atoms with Crippen molar-refractivity contribution in [2.24, 2.45) is 12.8 Å². The molecule has 0 aliphatic rings. The van der Waals surface area contributed by atoms with Crippen molar-refractivity contribution in [3.8, 4) is 29.0 Å². The minimum absolute atomic E-state index is 0.113. The van der Waals surface area contributed by atoms with Crippen LogP contribution in [-0.2, 0) is 12.5 Å². The minimum atomic E-state index is -0.751. The maximum atomic E-state index is 9.87. The molecule has 0 radical (unpaired) electrons. The molecule has 150 valence electrons. The van der Waals surface area contributed by atoms with E-state index in [1.54, 1.807) is 41.2 Å². The molecular weight excluding hydrogens is 366 g/mol. The van der Waals surface area contributed by atoms with Crippen LogP contribution in [0.5, 0.6) is 11.6 Å². The molecule has 0 amide bonds. The number of hydrogen-bond donors (Lipinski definition) is 2. The molecule has 0 aliphatic carbocycles. The molecule has 0 spiro atoms. The number of aliphatic hydroxyl groups excluding tert-OH is 1. The Hall–Kier alpha value is -3.21. The van der Waals surface area contributed by atoms with Crippen LogP contribution in [-0.4, -0.2) is 26.4 Å². The van der Waals surface area contributed by atoms with Gasteiger partial charge in [0, 0.05) is 42.4 Å². The number of ether oxygens (including phenoxy) is 1. The number of rotatable bonds is 5. The smallest absolute Gasteiger partial charge is 0.217 e. The van der Waals surface area contributed by atoms with Crippen molar-refractivity contribution in [3.63, 3.8) is 0 Å². The Morgan fingerprint density at radius 2 is 2.00 bits per heavy atom. The van der Waals surface area contributed by atoms with Crippen LogP contribution in [0, 0.1) is 11.3 Å². The van der Waals surface area contributed by atoms with Gasteiger partial charge in [-0.25, -0.2) is 4.68 Å². The van der Waals surface area contributed by atoms with Gasteiger partial charge in [0.15, 0.2) is 0 Å². The fraction of sp³-hybridized carbons (Fsp3) is 0.318. The highest BCUT2D eigenvalue weighted by Crippen LogP contribution is 2.35. The second-order valence-electron chi connectivity index (χ2n) is 7.89. The number of nitriles is 1. The average molecular weight is 391 g/mol.